The molecule has 0 spiro atoms. The molecule has 2 nitrogen and oxygen atoms in total. The second-order valence-electron chi connectivity index (χ2n) is 5.58. The van der Waals surface area contributed by atoms with Crippen LogP contribution in [0.1, 0.15) is 47.0 Å². The van der Waals surface area contributed by atoms with Gasteiger partial charge >= 0.3 is 0 Å². The zero-order valence-corrected chi connectivity index (χ0v) is 11.9. The van der Waals surface area contributed by atoms with Crippen LogP contribution in [0.25, 0.3) is 0 Å². The SMILES string of the molecule is C#CC(CC)N1CC(CC(C)C)NCC1CC. The number of nitrogens with one attached hydrogen (secondary N) is 1. The maximum Gasteiger partial charge on any atom is 0.0712 e. The van der Waals surface area contributed by atoms with Gasteiger partial charge in [0, 0.05) is 25.2 Å². The minimum atomic E-state index is 0.316. The van der Waals surface area contributed by atoms with Crippen LogP contribution in [-0.4, -0.2) is 36.1 Å². The fourth-order valence-corrected chi connectivity index (χ4v) is 2.82. The Labute approximate surface area is 107 Å². The van der Waals surface area contributed by atoms with E-state index >= 15 is 0 Å². The van der Waals surface area contributed by atoms with E-state index in [1.54, 1.807) is 0 Å². The molecule has 98 valence electrons. The molecule has 0 amide bonds. The van der Waals surface area contributed by atoms with Gasteiger partial charge in [0.2, 0.25) is 0 Å². The Morgan fingerprint density at radius 1 is 1.41 bits per heavy atom. The first-order valence-corrected chi connectivity index (χ1v) is 7.07. The molecule has 1 fully saturated rings. The number of rotatable bonds is 5. The van der Waals surface area contributed by atoms with Crippen molar-refractivity contribution in [3.63, 3.8) is 0 Å². The van der Waals surface area contributed by atoms with E-state index in [1.165, 1.54) is 12.8 Å². The van der Waals surface area contributed by atoms with Gasteiger partial charge in [-0.05, 0) is 25.2 Å². The number of piperazine rings is 1. The third-order valence-corrected chi connectivity index (χ3v) is 3.75. The first-order chi connectivity index (χ1) is 8.12. The number of nitrogens with zero attached hydrogens (tertiary/aromatic N) is 1. The van der Waals surface area contributed by atoms with Crippen LogP contribution in [0.4, 0.5) is 0 Å². The van der Waals surface area contributed by atoms with Crippen LogP contribution in [-0.2, 0) is 0 Å². The summed E-state index contributed by atoms with van der Waals surface area (Å²) in [6.45, 7) is 11.2. The van der Waals surface area contributed by atoms with Crippen LogP contribution in [0.3, 0.4) is 0 Å². The van der Waals surface area contributed by atoms with E-state index in [-0.39, 0.29) is 0 Å². The molecule has 1 aliphatic rings. The minimum Gasteiger partial charge on any atom is -0.311 e. The largest absolute Gasteiger partial charge is 0.311 e. The van der Waals surface area contributed by atoms with E-state index in [0.29, 0.717) is 18.1 Å². The number of hydrogen-bond acceptors (Lipinski definition) is 2. The minimum absolute atomic E-state index is 0.316. The molecule has 0 aromatic rings. The summed E-state index contributed by atoms with van der Waals surface area (Å²) in [5, 5.41) is 3.67. The van der Waals surface area contributed by atoms with Crippen molar-refractivity contribution >= 4 is 0 Å². The number of terminal acetylenes is 1. The second-order valence-corrected chi connectivity index (χ2v) is 5.58. The first kappa shape index (κ1) is 14.5. The molecule has 1 heterocycles. The highest BCUT2D eigenvalue weighted by atomic mass is 15.2. The molecule has 1 aliphatic heterocycles. The highest BCUT2D eigenvalue weighted by Gasteiger charge is 2.30. The Morgan fingerprint density at radius 2 is 2.12 bits per heavy atom. The molecular weight excluding hydrogens is 208 g/mol. The van der Waals surface area contributed by atoms with Crippen LogP contribution in [0.2, 0.25) is 0 Å². The molecule has 1 N–H and O–H groups in total. The Hall–Kier alpha value is -0.520. The van der Waals surface area contributed by atoms with Crippen molar-refractivity contribution in [2.45, 2.75) is 65.1 Å². The zero-order chi connectivity index (χ0) is 12.8. The van der Waals surface area contributed by atoms with Crippen molar-refractivity contribution in [2.24, 2.45) is 5.92 Å². The molecular formula is C15H28N2. The summed E-state index contributed by atoms with van der Waals surface area (Å²) >= 11 is 0. The molecule has 0 bridgehead atoms. The van der Waals surface area contributed by atoms with E-state index in [2.05, 4.69) is 43.8 Å². The van der Waals surface area contributed by atoms with Gasteiger partial charge in [-0.15, -0.1) is 6.42 Å². The summed E-state index contributed by atoms with van der Waals surface area (Å²) in [6.07, 6.45) is 9.15. The van der Waals surface area contributed by atoms with Crippen LogP contribution in [0, 0.1) is 18.3 Å². The highest BCUT2D eigenvalue weighted by molar-refractivity contribution is 5.03. The first-order valence-electron chi connectivity index (χ1n) is 7.07. The summed E-state index contributed by atoms with van der Waals surface area (Å²) in [5.74, 6) is 3.71. The van der Waals surface area contributed by atoms with Crippen LogP contribution in [0.15, 0.2) is 0 Å². The lowest BCUT2D eigenvalue weighted by molar-refractivity contribution is 0.0939. The summed E-state index contributed by atoms with van der Waals surface area (Å²) in [4.78, 5) is 2.55. The van der Waals surface area contributed by atoms with Gasteiger partial charge in [-0.3, -0.25) is 4.90 Å². The fourth-order valence-electron chi connectivity index (χ4n) is 2.82. The maximum absolute atomic E-state index is 5.67. The molecule has 2 heteroatoms. The lowest BCUT2D eigenvalue weighted by atomic mass is 9.97. The van der Waals surface area contributed by atoms with Gasteiger partial charge in [-0.25, -0.2) is 0 Å². The van der Waals surface area contributed by atoms with E-state index in [4.69, 9.17) is 6.42 Å². The third kappa shape index (κ3) is 4.01. The Morgan fingerprint density at radius 3 is 2.59 bits per heavy atom. The standard InChI is InChI=1S/C15H28N2/c1-6-14(7-2)17-11-13(9-12(4)5)16-10-15(17)8-3/h1,12-16H,7-11H2,2-5H3. The summed E-state index contributed by atoms with van der Waals surface area (Å²) < 4.78 is 0. The van der Waals surface area contributed by atoms with Crippen LogP contribution < -0.4 is 5.32 Å². The van der Waals surface area contributed by atoms with Gasteiger partial charge in [0.1, 0.15) is 0 Å². The van der Waals surface area contributed by atoms with E-state index in [0.717, 1.165) is 25.4 Å². The molecule has 1 saturated heterocycles. The number of hydrogen-bond donors (Lipinski definition) is 1. The average molecular weight is 236 g/mol. The van der Waals surface area contributed by atoms with E-state index in [9.17, 15) is 0 Å². The molecule has 0 radical (unpaired) electrons. The predicted molar refractivity (Wildman–Crippen MR) is 74.9 cm³/mol. The lowest BCUT2D eigenvalue weighted by Crippen LogP contribution is -2.59. The average Bonchev–Trinajstić information content (AvgIpc) is 2.30. The predicted octanol–water partition coefficient (Wildman–Crippen LogP) is 2.50. The van der Waals surface area contributed by atoms with Gasteiger partial charge in [0.15, 0.2) is 0 Å². The molecule has 0 aromatic heterocycles. The van der Waals surface area contributed by atoms with Crippen molar-refractivity contribution in [1.82, 2.24) is 10.2 Å². The summed E-state index contributed by atoms with van der Waals surface area (Å²) in [5.41, 5.74) is 0. The molecule has 0 aromatic carbocycles. The molecule has 3 atom stereocenters. The maximum atomic E-state index is 5.67. The topological polar surface area (TPSA) is 15.3 Å². The fraction of sp³-hybridized carbons (Fsp3) is 0.867. The Kier molecular flexibility index (Phi) is 6.02. The van der Waals surface area contributed by atoms with Gasteiger partial charge in [-0.1, -0.05) is 33.6 Å². The summed E-state index contributed by atoms with van der Waals surface area (Å²) in [7, 11) is 0. The zero-order valence-electron chi connectivity index (χ0n) is 11.9. The normalized spacial score (nSPS) is 28.0. The van der Waals surface area contributed by atoms with Crippen molar-refractivity contribution in [3.05, 3.63) is 0 Å². The Balaban J connectivity index is 2.64. The monoisotopic (exact) mass is 236 g/mol. The van der Waals surface area contributed by atoms with Gasteiger partial charge in [-0.2, -0.15) is 0 Å². The molecule has 0 saturated carbocycles. The second kappa shape index (κ2) is 7.03. The quantitative estimate of drug-likeness (QED) is 0.738. The molecule has 1 rings (SSSR count). The van der Waals surface area contributed by atoms with Crippen LogP contribution >= 0.6 is 0 Å². The molecule has 17 heavy (non-hydrogen) atoms. The van der Waals surface area contributed by atoms with E-state index in [1.807, 2.05) is 0 Å². The smallest absolute Gasteiger partial charge is 0.0712 e. The Bertz CT molecular complexity index is 254. The lowest BCUT2D eigenvalue weighted by Gasteiger charge is -2.43. The van der Waals surface area contributed by atoms with Crippen molar-refractivity contribution in [2.75, 3.05) is 13.1 Å². The van der Waals surface area contributed by atoms with Crippen molar-refractivity contribution in [3.8, 4) is 12.3 Å². The van der Waals surface area contributed by atoms with Crippen molar-refractivity contribution < 1.29 is 0 Å². The third-order valence-electron chi connectivity index (χ3n) is 3.75. The molecule has 3 unspecified atom stereocenters. The van der Waals surface area contributed by atoms with E-state index < -0.39 is 0 Å². The van der Waals surface area contributed by atoms with Gasteiger partial charge in [0.05, 0.1) is 6.04 Å². The van der Waals surface area contributed by atoms with Crippen molar-refractivity contribution in [1.29, 1.82) is 0 Å². The highest BCUT2D eigenvalue weighted by Crippen LogP contribution is 2.19. The summed E-state index contributed by atoms with van der Waals surface area (Å²) in [6, 6.07) is 1.54. The molecule has 0 aliphatic carbocycles. The van der Waals surface area contributed by atoms with Gasteiger partial charge in [0.25, 0.3) is 0 Å². The van der Waals surface area contributed by atoms with Gasteiger partial charge < -0.3 is 5.32 Å². The van der Waals surface area contributed by atoms with Crippen LogP contribution in [0.5, 0.6) is 0 Å².